The van der Waals surface area contributed by atoms with Crippen LogP contribution >= 0.6 is 0 Å². The molecule has 0 aliphatic carbocycles. The molecule has 0 saturated carbocycles. The van der Waals surface area contributed by atoms with Crippen molar-refractivity contribution in [3.05, 3.63) is 29.8 Å². The van der Waals surface area contributed by atoms with E-state index in [0.717, 1.165) is 0 Å². The molecule has 26 heavy (non-hydrogen) atoms. The number of sulfonamides is 1. The van der Waals surface area contributed by atoms with E-state index >= 15 is 0 Å². The van der Waals surface area contributed by atoms with Gasteiger partial charge in [-0.1, -0.05) is 19.9 Å². The van der Waals surface area contributed by atoms with Gasteiger partial charge in [0.15, 0.2) is 0 Å². The number of carboxylic acid groups (broad SMARTS) is 1. The third-order valence-corrected chi connectivity index (χ3v) is 5.64. The van der Waals surface area contributed by atoms with Crippen LogP contribution in [0.2, 0.25) is 0 Å². The van der Waals surface area contributed by atoms with E-state index in [2.05, 4.69) is 10.6 Å². The van der Waals surface area contributed by atoms with Crippen LogP contribution in [0, 0.1) is 0 Å². The fourth-order valence-corrected chi connectivity index (χ4v) is 3.63. The Morgan fingerprint density at radius 3 is 2.35 bits per heavy atom. The monoisotopic (exact) mass is 385 g/mol. The van der Waals surface area contributed by atoms with Gasteiger partial charge < -0.3 is 15.7 Å². The van der Waals surface area contributed by atoms with Crippen molar-refractivity contribution in [1.82, 2.24) is 14.9 Å². The Morgan fingerprint density at radius 2 is 1.81 bits per heavy atom. The highest BCUT2D eigenvalue weighted by atomic mass is 32.2. The lowest BCUT2D eigenvalue weighted by molar-refractivity contribution is -0.141. The second kappa shape index (κ2) is 9.30. The van der Waals surface area contributed by atoms with Crippen molar-refractivity contribution in [3.8, 4) is 0 Å². The second-order valence-electron chi connectivity index (χ2n) is 5.43. The molecule has 1 atom stereocenters. The van der Waals surface area contributed by atoms with Crippen molar-refractivity contribution in [2.45, 2.75) is 31.7 Å². The number of amides is 2. The van der Waals surface area contributed by atoms with E-state index in [1.807, 2.05) is 0 Å². The average Bonchev–Trinajstić information content (AvgIpc) is 2.60. The van der Waals surface area contributed by atoms with Crippen LogP contribution in [0.4, 0.5) is 0 Å². The molecule has 0 saturated heterocycles. The summed E-state index contributed by atoms with van der Waals surface area (Å²) in [6.45, 7) is 4.91. The smallest absolute Gasteiger partial charge is 0.325 e. The number of aliphatic carboxylic acids is 1. The van der Waals surface area contributed by atoms with E-state index in [1.54, 1.807) is 13.8 Å². The first kappa shape index (κ1) is 21.6. The summed E-state index contributed by atoms with van der Waals surface area (Å²) in [6, 6.07) is 4.42. The van der Waals surface area contributed by atoms with Gasteiger partial charge >= 0.3 is 5.97 Å². The van der Waals surface area contributed by atoms with Gasteiger partial charge in [0, 0.05) is 18.7 Å². The van der Waals surface area contributed by atoms with Crippen LogP contribution in [0.5, 0.6) is 0 Å². The summed E-state index contributed by atoms with van der Waals surface area (Å²) in [5.74, 6) is -2.50. The van der Waals surface area contributed by atoms with Crippen LogP contribution in [-0.2, 0) is 19.6 Å². The van der Waals surface area contributed by atoms with E-state index < -0.39 is 40.4 Å². The third kappa shape index (κ3) is 5.53. The molecule has 1 aromatic carbocycles. The number of nitrogens with one attached hydrogen (secondary N) is 2. The quantitative estimate of drug-likeness (QED) is 0.549. The normalized spacial score (nSPS) is 12.5. The van der Waals surface area contributed by atoms with E-state index in [9.17, 15) is 22.8 Å². The number of nitrogens with zero attached hydrogens (tertiary/aromatic N) is 1. The Hall–Kier alpha value is -2.46. The first-order valence-corrected chi connectivity index (χ1v) is 9.48. The van der Waals surface area contributed by atoms with Gasteiger partial charge in [-0.25, -0.2) is 8.42 Å². The Balaban J connectivity index is 2.83. The first-order valence-electron chi connectivity index (χ1n) is 8.04. The number of carboxylic acids is 1. The molecule has 1 unspecified atom stereocenters. The number of benzene rings is 1. The molecule has 0 aliphatic heterocycles. The predicted octanol–water partition coefficient (Wildman–Crippen LogP) is 0.0362. The number of hydrogen-bond acceptors (Lipinski definition) is 5. The number of carbonyl (C=O) groups is 3. The Bertz CT molecular complexity index is 774. The van der Waals surface area contributed by atoms with Crippen LogP contribution in [0.3, 0.4) is 0 Å². The van der Waals surface area contributed by atoms with Crippen LogP contribution < -0.4 is 10.6 Å². The van der Waals surface area contributed by atoms with Crippen LogP contribution in [-0.4, -0.2) is 61.3 Å². The van der Waals surface area contributed by atoms with Gasteiger partial charge in [-0.05, 0) is 25.1 Å². The standard InChI is InChI=1S/C16H23N3O6S/c1-4-19(5-2)26(24,25)13-8-6-7-12(9-13)15(21)17-10-14(20)18-11(3)16(22)23/h6-9,11H,4-5,10H2,1-3H3,(H,17,21)(H,18,20)(H,22,23). The molecule has 2 amide bonds. The lowest BCUT2D eigenvalue weighted by Gasteiger charge is -2.18. The second-order valence-corrected chi connectivity index (χ2v) is 7.37. The third-order valence-electron chi connectivity index (χ3n) is 3.60. The van der Waals surface area contributed by atoms with E-state index in [1.165, 1.54) is 35.5 Å². The summed E-state index contributed by atoms with van der Waals surface area (Å²) in [6.07, 6.45) is 0. The Labute approximate surface area is 152 Å². The fraction of sp³-hybridized carbons (Fsp3) is 0.438. The lowest BCUT2D eigenvalue weighted by atomic mass is 10.2. The molecule has 0 spiro atoms. The van der Waals surface area contributed by atoms with Crippen molar-refractivity contribution in [2.24, 2.45) is 0 Å². The van der Waals surface area contributed by atoms with Gasteiger partial charge in [0.25, 0.3) is 5.91 Å². The predicted molar refractivity (Wildman–Crippen MR) is 94.1 cm³/mol. The van der Waals surface area contributed by atoms with Crippen molar-refractivity contribution in [2.75, 3.05) is 19.6 Å². The molecule has 10 heteroatoms. The van der Waals surface area contributed by atoms with Crippen molar-refractivity contribution in [1.29, 1.82) is 0 Å². The summed E-state index contributed by atoms with van der Waals surface area (Å²) >= 11 is 0. The minimum Gasteiger partial charge on any atom is -0.480 e. The van der Waals surface area contributed by atoms with Crippen molar-refractivity contribution in [3.63, 3.8) is 0 Å². The van der Waals surface area contributed by atoms with Gasteiger partial charge in [-0.15, -0.1) is 0 Å². The van der Waals surface area contributed by atoms with E-state index in [-0.39, 0.29) is 10.5 Å². The highest BCUT2D eigenvalue weighted by Gasteiger charge is 2.22. The lowest BCUT2D eigenvalue weighted by Crippen LogP contribution is -2.44. The zero-order valence-corrected chi connectivity index (χ0v) is 15.7. The van der Waals surface area contributed by atoms with Crippen molar-refractivity contribution >= 4 is 27.8 Å². The Morgan fingerprint density at radius 1 is 1.19 bits per heavy atom. The molecule has 144 valence electrons. The summed E-state index contributed by atoms with van der Waals surface area (Å²) in [5, 5.41) is 13.2. The summed E-state index contributed by atoms with van der Waals surface area (Å²) in [5.41, 5.74) is 0.0808. The molecule has 0 fully saturated rings. The fourth-order valence-electron chi connectivity index (χ4n) is 2.13. The molecule has 0 aromatic heterocycles. The van der Waals surface area contributed by atoms with Gasteiger partial charge in [-0.3, -0.25) is 14.4 Å². The zero-order chi connectivity index (χ0) is 19.9. The van der Waals surface area contributed by atoms with E-state index in [0.29, 0.717) is 13.1 Å². The molecular formula is C16H23N3O6S. The maximum atomic E-state index is 12.5. The van der Waals surface area contributed by atoms with Gasteiger partial charge in [-0.2, -0.15) is 4.31 Å². The van der Waals surface area contributed by atoms with Gasteiger partial charge in [0.05, 0.1) is 11.4 Å². The van der Waals surface area contributed by atoms with Crippen LogP contribution in [0.1, 0.15) is 31.1 Å². The summed E-state index contributed by atoms with van der Waals surface area (Å²) in [7, 11) is -3.71. The highest BCUT2D eigenvalue weighted by molar-refractivity contribution is 7.89. The molecule has 3 N–H and O–H groups in total. The van der Waals surface area contributed by atoms with E-state index in [4.69, 9.17) is 5.11 Å². The minimum atomic E-state index is -3.71. The molecule has 0 heterocycles. The molecule has 1 aromatic rings. The maximum Gasteiger partial charge on any atom is 0.325 e. The van der Waals surface area contributed by atoms with Crippen molar-refractivity contribution < 1.29 is 27.9 Å². The molecule has 0 radical (unpaired) electrons. The van der Waals surface area contributed by atoms with Crippen LogP contribution in [0.25, 0.3) is 0 Å². The van der Waals surface area contributed by atoms with Gasteiger partial charge in [0.1, 0.15) is 6.04 Å². The Kier molecular flexibility index (Phi) is 7.72. The first-order chi connectivity index (χ1) is 12.1. The molecule has 0 aliphatic rings. The summed E-state index contributed by atoms with van der Waals surface area (Å²) < 4.78 is 26.3. The van der Waals surface area contributed by atoms with Gasteiger partial charge in [0.2, 0.25) is 15.9 Å². The highest BCUT2D eigenvalue weighted by Crippen LogP contribution is 2.16. The number of rotatable bonds is 9. The maximum absolute atomic E-state index is 12.5. The number of carbonyl (C=O) groups excluding carboxylic acids is 2. The molecule has 0 bridgehead atoms. The molecule has 1 rings (SSSR count). The topological polar surface area (TPSA) is 133 Å². The SMILES string of the molecule is CCN(CC)S(=O)(=O)c1cccc(C(=O)NCC(=O)NC(C)C(=O)O)c1. The summed E-state index contributed by atoms with van der Waals surface area (Å²) in [4.78, 5) is 34.4. The molecular weight excluding hydrogens is 362 g/mol. The minimum absolute atomic E-state index is 0.0159. The number of hydrogen-bond donors (Lipinski definition) is 3. The average molecular weight is 385 g/mol. The molecule has 9 nitrogen and oxygen atoms in total. The van der Waals surface area contributed by atoms with Crippen LogP contribution in [0.15, 0.2) is 29.2 Å². The zero-order valence-electron chi connectivity index (χ0n) is 14.9. The largest absolute Gasteiger partial charge is 0.480 e.